The molecule has 0 unspecified atom stereocenters. The Labute approximate surface area is 86.9 Å². The van der Waals surface area contributed by atoms with Gasteiger partial charge in [-0.3, -0.25) is 0 Å². The highest BCUT2D eigenvalue weighted by atomic mass is 14.8. The molecular weight excluding hydrogens is 170 g/mol. The molecule has 1 rings (SSSR count). The van der Waals surface area contributed by atoms with Gasteiger partial charge in [0.1, 0.15) is 0 Å². The van der Waals surface area contributed by atoms with Crippen molar-refractivity contribution >= 4 is 0 Å². The third-order valence-corrected chi connectivity index (χ3v) is 2.49. The van der Waals surface area contributed by atoms with Crippen LogP contribution < -0.4 is 5.32 Å². The fourth-order valence-electron chi connectivity index (χ4n) is 1.71. The van der Waals surface area contributed by atoms with Gasteiger partial charge in [-0.1, -0.05) is 24.8 Å². The zero-order valence-electron chi connectivity index (χ0n) is 8.97. The lowest BCUT2D eigenvalue weighted by molar-refractivity contribution is 0.917. The molecule has 0 aromatic rings. The fourth-order valence-corrected chi connectivity index (χ4v) is 1.71. The summed E-state index contributed by atoms with van der Waals surface area (Å²) in [5.74, 6) is 0. The van der Waals surface area contributed by atoms with Crippen LogP contribution in [-0.4, -0.2) is 6.54 Å². The third-order valence-electron chi connectivity index (χ3n) is 2.49. The van der Waals surface area contributed by atoms with Crippen LogP contribution in [0, 0.1) is 0 Å². The van der Waals surface area contributed by atoms with Crippen molar-refractivity contribution in [2.75, 3.05) is 6.54 Å². The number of hydrogen-bond acceptors (Lipinski definition) is 1. The highest BCUT2D eigenvalue weighted by Crippen LogP contribution is 2.31. The van der Waals surface area contributed by atoms with Gasteiger partial charge >= 0.3 is 0 Å². The summed E-state index contributed by atoms with van der Waals surface area (Å²) in [7, 11) is 0. The molecule has 1 nitrogen and oxygen atoms in total. The van der Waals surface area contributed by atoms with Crippen LogP contribution in [0.2, 0.25) is 0 Å². The molecule has 14 heavy (non-hydrogen) atoms. The van der Waals surface area contributed by atoms with Gasteiger partial charge in [0.2, 0.25) is 0 Å². The van der Waals surface area contributed by atoms with Crippen LogP contribution in [0.1, 0.15) is 26.2 Å². The second kappa shape index (κ2) is 5.48. The highest BCUT2D eigenvalue weighted by molar-refractivity contribution is 5.46. The van der Waals surface area contributed by atoms with Crippen molar-refractivity contribution in [3.63, 3.8) is 0 Å². The van der Waals surface area contributed by atoms with Gasteiger partial charge in [0.15, 0.2) is 0 Å². The molecule has 0 radical (unpaired) electrons. The Bertz CT molecular complexity index is 282. The average molecular weight is 189 g/mol. The van der Waals surface area contributed by atoms with Crippen molar-refractivity contribution in [1.82, 2.24) is 5.32 Å². The standard InChI is InChI=1S/C13H19N/c1-4-12(9-10-14-5-2)13-8-6-7-11(13)3/h4,9-10,14H,1,3,5-8H2,2H3/b10-9+,13-12-. The van der Waals surface area contributed by atoms with E-state index in [9.17, 15) is 0 Å². The van der Waals surface area contributed by atoms with Crippen molar-refractivity contribution in [3.05, 3.63) is 48.2 Å². The van der Waals surface area contributed by atoms with Crippen LogP contribution in [0.15, 0.2) is 48.2 Å². The van der Waals surface area contributed by atoms with E-state index in [1.165, 1.54) is 23.1 Å². The summed E-state index contributed by atoms with van der Waals surface area (Å²) in [6, 6.07) is 0. The minimum absolute atomic E-state index is 0.956. The highest BCUT2D eigenvalue weighted by Gasteiger charge is 2.13. The van der Waals surface area contributed by atoms with Gasteiger partial charge in [-0.15, -0.1) is 0 Å². The first-order valence-electron chi connectivity index (χ1n) is 5.23. The average Bonchev–Trinajstić information content (AvgIpc) is 2.60. The van der Waals surface area contributed by atoms with Crippen molar-refractivity contribution in [1.29, 1.82) is 0 Å². The van der Waals surface area contributed by atoms with E-state index in [4.69, 9.17) is 0 Å². The summed E-state index contributed by atoms with van der Waals surface area (Å²) < 4.78 is 0. The van der Waals surface area contributed by atoms with Crippen LogP contribution in [0.4, 0.5) is 0 Å². The number of nitrogens with one attached hydrogen (secondary N) is 1. The smallest absolute Gasteiger partial charge is 0.0113 e. The van der Waals surface area contributed by atoms with Gasteiger partial charge in [-0.05, 0) is 49.6 Å². The Kier molecular flexibility index (Phi) is 4.24. The van der Waals surface area contributed by atoms with Gasteiger partial charge in [-0.2, -0.15) is 0 Å². The topological polar surface area (TPSA) is 12.0 Å². The van der Waals surface area contributed by atoms with Crippen LogP contribution in [0.25, 0.3) is 0 Å². The maximum atomic E-state index is 4.07. The first-order valence-corrected chi connectivity index (χ1v) is 5.23. The third kappa shape index (κ3) is 2.63. The van der Waals surface area contributed by atoms with Crippen LogP contribution in [-0.2, 0) is 0 Å². The number of hydrogen-bond donors (Lipinski definition) is 1. The van der Waals surface area contributed by atoms with Crippen molar-refractivity contribution in [2.24, 2.45) is 0 Å². The lowest BCUT2D eigenvalue weighted by Gasteiger charge is -2.03. The Balaban J connectivity index is 2.78. The summed E-state index contributed by atoms with van der Waals surface area (Å²) in [6.45, 7) is 11.0. The maximum Gasteiger partial charge on any atom is 0.0113 e. The van der Waals surface area contributed by atoms with Crippen LogP contribution >= 0.6 is 0 Å². The van der Waals surface area contributed by atoms with Crippen LogP contribution in [0.3, 0.4) is 0 Å². The fraction of sp³-hybridized carbons (Fsp3) is 0.385. The van der Waals surface area contributed by atoms with Gasteiger partial charge in [-0.25, -0.2) is 0 Å². The molecule has 0 bridgehead atoms. The summed E-state index contributed by atoms with van der Waals surface area (Å²) in [4.78, 5) is 0. The van der Waals surface area contributed by atoms with E-state index in [-0.39, 0.29) is 0 Å². The quantitative estimate of drug-likeness (QED) is 0.715. The van der Waals surface area contributed by atoms with Crippen LogP contribution in [0.5, 0.6) is 0 Å². The van der Waals surface area contributed by atoms with E-state index in [1.807, 2.05) is 12.3 Å². The molecule has 76 valence electrons. The molecule has 0 saturated heterocycles. The van der Waals surface area contributed by atoms with E-state index < -0.39 is 0 Å². The van der Waals surface area contributed by atoms with Gasteiger partial charge in [0.25, 0.3) is 0 Å². The zero-order chi connectivity index (χ0) is 10.4. The van der Waals surface area contributed by atoms with Gasteiger partial charge in [0.05, 0.1) is 0 Å². The Morgan fingerprint density at radius 3 is 2.79 bits per heavy atom. The normalized spacial score (nSPS) is 20.2. The second-order valence-electron chi connectivity index (χ2n) is 3.49. The monoisotopic (exact) mass is 189 g/mol. The van der Waals surface area contributed by atoms with Crippen molar-refractivity contribution in [3.8, 4) is 0 Å². The Morgan fingerprint density at radius 2 is 2.29 bits per heavy atom. The molecule has 1 heteroatoms. The summed E-state index contributed by atoms with van der Waals surface area (Å²) >= 11 is 0. The number of rotatable bonds is 4. The molecule has 0 aliphatic heterocycles. The zero-order valence-corrected chi connectivity index (χ0v) is 8.97. The molecule has 0 heterocycles. The summed E-state index contributed by atoms with van der Waals surface area (Å²) in [5, 5.41) is 3.16. The van der Waals surface area contributed by atoms with E-state index >= 15 is 0 Å². The Hall–Kier alpha value is -1.24. The molecule has 1 aliphatic rings. The molecular formula is C13H19N. The maximum absolute atomic E-state index is 4.07. The minimum Gasteiger partial charge on any atom is -0.391 e. The Morgan fingerprint density at radius 1 is 1.50 bits per heavy atom. The van der Waals surface area contributed by atoms with E-state index in [1.54, 1.807) is 0 Å². The number of allylic oxidation sites excluding steroid dienone is 5. The first kappa shape index (κ1) is 10.8. The first-order chi connectivity index (χ1) is 6.79. The van der Waals surface area contributed by atoms with Gasteiger partial charge < -0.3 is 5.32 Å². The molecule has 0 aromatic carbocycles. The van der Waals surface area contributed by atoms with Crippen molar-refractivity contribution < 1.29 is 0 Å². The summed E-state index contributed by atoms with van der Waals surface area (Å²) in [5.41, 5.74) is 3.88. The molecule has 0 amide bonds. The molecule has 1 aliphatic carbocycles. The summed E-state index contributed by atoms with van der Waals surface area (Å²) in [6.07, 6.45) is 9.51. The van der Waals surface area contributed by atoms with E-state index in [0.717, 1.165) is 19.4 Å². The lowest BCUT2D eigenvalue weighted by atomic mass is 10.0. The molecule has 0 spiro atoms. The largest absolute Gasteiger partial charge is 0.391 e. The SMILES string of the molecule is C=CC(/C=C/NCC)=C1\CCCC1=C. The molecule has 1 saturated carbocycles. The molecule has 0 aromatic heterocycles. The van der Waals surface area contributed by atoms with Gasteiger partial charge in [0, 0.05) is 6.54 Å². The second-order valence-corrected chi connectivity index (χ2v) is 3.49. The van der Waals surface area contributed by atoms with E-state index in [2.05, 4.69) is 31.5 Å². The molecule has 1 N–H and O–H groups in total. The van der Waals surface area contributed by atoms with E-state index in [0.29, 0.717) is 0 Å². The molecule has 1 fully saturated rings. The lowest BCUT2D eigenvalue weighted by Crippen LogP contribution is -2.01. The predicted octanol–water partition coefficient (Wildman–Crippen LogP) is 3.33. The predicted molar refractivity (Wildman–Crippen MR) is 63.0 cm³/mol. The minimum atomic E-state index is 0.956. The van der Waals surface area contributed by atoms with Crippen molar-refractivity contribution in [2.45, 2.75) is 26.2 Å². The molecule has 0 atom stereocenters.